The third kappa shape index (κ3) is 2.16. The number of aliphatic hydroxyl groups is 4. The van der Waals surface area contributed by atoms with Crippen molar-refractivity contribution < 1.29 is 25.2 Å². The Labute approximate surface area is 75.8 Å². The number of rotatable bonds is 2. The number of nitrogens with one attached hydrogen (secondary N) is 1. The quantitative estimate of drug-likeness (QED) is 0.320. The molecule has 1 aliphatic heterocycles. The highest BCUT2D eigenvalue weighted by Gasteiger charge is 2.42. The summed E-state index contributed by atoms with van der Waals surface area (Å²) < 4.78 is 4.85. The van der Waals surface area contributed by atoms with Crippen LogP contribution in [-0.4, -0.2) is 64.7 Å². The van der Waals surface area contributed by atoms with E-state index in [1.807, 2.05) is 0 Å². The lowest BCUT2D eigenvalue weighted by Gasteiger charge is -2.38. The van der Waals surface area contributed by atoms with Crippen LogP contribution in [-0.2, 0) is 4.74 Å². The van der Waals surface area contributed by atoms with E-state index in [4.69, 9.17) is 14.9 Å². The third-order valence-corrected chi connectivity index (χ3v) is 2.09. The molecular weight excluding hydrogens is 178 g/mol. The Hall–Kier alpha value is -0.240. The molecule has 1 unspecified atom stereocenters. The van der Waals surface area contributed by atoms with Crippen molar-refractivity contribution in [1.82, 2.24) is 5.32 Å². The summed E-state index contributed by atoms with van der Waals surface area (Å²) in [6.45, 7) is 0.294. The summed E-state index contributed by atoms with van der Waals surface area (Å²) in [5.74, 6) is 0. The predicted octanol–water partition coefficient (Wildman–Crippen LogP) is -2.99. The van der Waals surface area contributed by atoms with Crippen LogP contribution in [0.5, 0.6) is 0 Å². The molecule has 0 aromatic heterocycles. The summed E-state index contributed by atoms with van der Waals surface area (Å²) in [7, 11) is 1.65. The first-order chi connectivity index (χ1) is 6.07. The van der Waals surface area contributed by atoms with Gasteiger partial charge in [-0.3, -0.25) is 0 Å². The zero-order chi connectivity index (χ0) is 10.0. The second-order valence-electron chi connectivity index (χ2n) is 3.09. The van der Waals surface area contributed by atoms with Gasteiger partial charge in [0.1, 0.15) is 24.4 Å². The minimum Gasteiger partial charge on any atom is -0.388 e. The van der Waals surface area contributed by atoms with Crippen molar-refractivity contribution in [2.45, 2.75) is 30.7 Å². The average Bonchev–Trinajstić information content (AvgIpc) is 2.11. The van der Waals surface area contributed by atoms with Gasteiger partial charge in [-0.25, -0.2) is 0 Å². The summed E-state index contributed by atoms with van der Waals surface area (Å²) in [5, 5.41) is 39.5. The van der Waals surface area contributed by atoms with Crippen molar-refractivity contribution in [2.24, 2.45) is 0 Å². The van der Waals surface area contributed by atoms with E-state index in [1.54, 1.807) is 7.05 Å². The van der Waals surface area contributed by atoms with Crippen LogP contribution < -0.4 is 5.32 Å². The van der Waals surface area contributed by atoms with Gasteiger partial charge in [-0.15, -0.1) is 0 Å². The van der Waals surface area contributed by atoms with Crippen LogP contribution in [0, 0.1) is 0 Å². The van der Waals surface area contributed by atoms with Gasteiger partial charge < -0.3 is 30.5 Å². The van der Waals surface area contributed by atoms with Crippen LogP contribution in [0.25, 0.3) is 0 Å². The second-order valence-corrected chi connectivity index (χ2v) is 3.09. The normalized spacial score (nSPS) is 46.4. The summed E-state index contributed by atoms with van der Waals surface area (Å²) in [5.41, 5.74) is 0. The smallest absolute Gasteiger partial charge is 0.184 e. The molecule has 0 aromatic rings. The Kier molecular flexibility index (Phi) is 3.60. The third-order valence-electron chi connectivity index (χ3n) is 2.09. The Morgan fingerprint density at radius 3 is 2.23 bits per heavy atom. The molecule has 1 saturated heterocycles. The Balaban J connectivity index is 2.59. The van der Waals surface area contributed by atoms with Crippen molar-refractivity contribution in [2.75, 3.05) is 13.6 Å². The maximum atomic E-state index is 9.37. The van der Waals surface area contributed by atoms with Crippen molar-refractivity contribution >= 4 is 0 Å². The highest BCUT2D eigenvalue weighted by Crippen LogP contribution is 2.18. The molecule has 6 heteroatoms. The maximum absolute atomic E-state index is 9.37. The highest BCUT2D eigenvalue weighted by atomic mass is 16.6. The van der Waals surface area contributed by atoms with Gasteiger partial charge in [0.25, 0.3) is 0 Å². The zero-order valence-electron chi connectivity index (χ0n) is 7.29. The molecule has 0 spiro atoms. The topological polar surface area (TPSA) is 102 Å². The fourth-order valence-corrected chi connectivity index (χ4v) is 1.30. The first-order valence-corrected chi connectivity index (χ1v) is 4.10. The second kappa shape index (κ2) is 4.32. The lowest BCUT2D eigenvalue weighted by molar-refractivity contribution is -0.280. The Morgan fingerprint density at radius 2 is 1.69 bits per heavy atom. The van der Waals surface area contributed by atoms with E-state index in [0.29, 0.717) is 6.54 Å². The summed E-state index contributed by atoms with van der Waals surface area (Å²) in [6, 6.07) is 0. The fraction of sp³-hybridized carbons (Fsp3) is 1.00. The molecular formula is C7H15NO5. The Bertz CT molecular complexity index is 167. The highest BCUT2D eigenvalue weighted by molar-refractivity contribution is 4.89. The molecule has 0 aliphatic carbocycles. The van der Waals surface area contributed by atoms with Crippen LogP contribution in [0.3, 0.4) is 0 Å². The van der Waals surface area contributed by atoms with Crippen LogP contribution in [0.1, 0.15) is 0 Å². The summed E-state index contributed by atoms with van der Waals surface area (Å²) >= 11 is 0. The molecule has 0 bridgehead atoms. The van der Waals surface area contributed by atoms with Gasteiger partial charge in [-0.1, -0.05) is 0 Å². The maximum Gasteiger partial charge on any atom is 0.184 e. The standard InChI is InChI=1S/C7H15NO5/c1-8-2-3-4(9)5(10)6(11)7(12)13-3/h3-12H,2H2,1H3/t3-,4?,5+,6-,7+/m1/s1. The number of hydrogen-bond donors (Lipinski definition) is 5. The van der Waals surface area contributed by atoms with Gasteiger partial charge in [0.2, 0.25) is 0 Å². The average molecular weight is 193 g/mol. The summed E-state index contributed by atoms with van der Waals surface area (Å²) in [6.07, 6.45) is -6.17. The van der Waals surface area contributed by atoms with Crippen LogP contribution in [0.15, 0.2) is 0 Å². The largest absolute Gasteiger partial charge is 0.388 e. The molecule has 5 N–H and O–H groups in total. The van der Waals surface area contributed by atoms with E-state index in [9.17, 15) is 10.2 Å². The monoisotopic (exact) mass is 193 g/mol. The van der Waals surface area contributed by atoms with Crippen LogP contribution in [0.4, 0.5) is 0 Å². The molecule has 0 saturated carbocycles. The molecule has 0 amide bonds. The molecule has 1 rings (SSSR count). The fourth-order valence-electron chi connectivity index (χ4n) is 1.30. The van der Waals surface area contributed by atoms with E-state index in [-0.39, 0.29) is 0 Å². The van der Waals surface area contributed by atoms with Gasteiger partial charge in [0, 0.05) is 6.54 Å². The molecule has 13 heavy (non-hydrogen) atoms. The number of aliphatic hydroxyl groups excluding tert-OH is 4. The first-order valence-electron chi connectivity index (χ1n) is 4.10. The molecule has 0 radical (unpaired) electrons. The van der Waals surface area contributed by atoms with E-state index < -0.39 is 30.7 Å². The van der Waals surface area contributed by atoms with Crippen molar-refractivity contribution in [3.63, 3.8) is 0 Å². The van der Waals surface area contributed by atoms with Gasteiger partial charge in [-0.2, -0.15) is 0 Å². The molecule has 78 valence electrons. The van der Waals surface area contributed by atoms with Crippen molar-refractivity contribution in [3.05, 3.63) is 0 Å². The van der Waals surface area contributed by atoms with Gasteiger partial charge >= 0.3 is 0 Å². The molecule has 1 aliphatic rings. The number of ether oxygens (including phenoxy) is 1. The SMILES string of the molecule is CNC[C@H]1O[C@H](O)[C@H](O)[C@@H](O)C1O. The Morgan fingerprint density at radius 1 is 1.08 bits per heavy atom. The number of hydrogen-bond acceptors (Lipinski definition) is 6. The zero-order valence-corrected chi connectivity index (χ0v) is 7.29. The van der Waals surface area contributed by atoms with E-state index >= 15 is 0 Å². The minimum absolute atomic E-state index is 0.294. The van der Waals surface area contributed by atoms with Crippen LogP contribution >= 0.6 is 0 Å². The van der Waals surface area contributed by atoms with Gasteiger partial charge in [0.15, 0.2) is 6.29 Å². The van der Waals surface area contributed by atoms with Gasteiger partial charge in [-0.05, 0) is 7.05 Å². The van der Waals surface area contributed by atoms with E-state index in [0.717, 1.165) is 0 Å². The lowest BCUT2D eigenvalue weighted by Crippen LogP contribution is -2.59. The minimum atomic E-state index is -1.46. The molecule has 5 atom stereocenters. The molecule has 6 nitrogen and oxygen atoms in total. The molecule has 1 fully saturated rings. The summed E-state index contributed by atoms with van der Waals surface area (Å²) in [4.78, 5) is 0. The predicted molar refractivity (Wildman–Crippen MR) is 42.8 cm³/mol. The first kappa shape index (κ1) is 10.8. The lowest BCUT2D eigenvalue weighted by atomic mass is 9.99. The van der Waals surface area contributed by atoms with Crippen molar-refractivity contribution in [1.29, 1.82) is 0 Å². The molecule has 0 aromatic carbocycles. The van der Waals surface area contributed by atoms with Crippen molar-refractivity contribution in [3.8, 4) is 0 Å². The van der Waals surface area contributed by atoms with E-state index in [2.05, 4.69) is 5.32 Å². The molecule has 1 heterocycles. The number of likely N-dealkylation sites (N-methyl/N-ethyl adjacent to an activating group) is 1. The van der Waals surface area contributed by atoms with Crippen LogP contribution in [0.2, 0.25) is 0 Å². The van der Waals surface area contributed by atoms with Gasteiger partial charge in [0.05, 0.1) is 0 Å². The van der Waals surface area contributed by atoms with E-state index in [1.165, 1.54) is 0 Å².